The van der Waals surface area contributed by atoms with Crippen molar-refractivity contribution in [2.24, 2.45) is 0 Å². The number of ether oxygens (including phenoxy) is 2. The van der Waals surface area contributed by atoms with Crippen LogP contribution in [0.3, 0.4) is 0 Å². The predicted octanol–water partition coefficient (Wildman–Crippen LogP) is 9.59. The van der Waals surface area contributed by atoms with Crippen molar-refractivity contribution in [3.63, 3.8) is 0 Å². The van der Waals surface area contributed by atoms with Gasteiger partial charge < -0.3 is 29.3 Å². The van der Waals surface area contributed by atoms with Crippen LogP contribution in [0, 0.1) is 23.7 Å². The Morgan fingerprint density at radius 2 is 0.896 bits per heavy atom. The number of thiophene rings is 2. The van der Waals surface area contributed by atoms with Crippen molar-refractivity contribution >= 4 is 72.4 Å². The molecule has 2 aromatic heterocycles. The average molecular weight is 961 g/mol. The van der Waals surface area contributed by atoms with Gasteiger partial charge >= 0.3 is 37.7 Å². The van der Waals surface area contributed by atoms with Gasteiger partial charge in [-0.2, -0.15) is 22.7 Å². The molecule has 6 rings (SSSR count). The minimum absolute atomic E-state index is 0. The number of rotatable bonds is 22. The quantitative estimate of drug-likeness (QED) is 0.0490. The van der Waals surface area contributed by atoms with Crippen molar-refractivity contribution in [2.45, 2.75) is 118 Å². The molecule has 0 aliphatic rings. The number of carbonyl (C=O) groups excluding carboxylic acids is 2. The van der Waals surface area contributed by atoms with Crippen LogP contribution in [0.25, 0.3) is 0 Å². The summed E-state index contributed by atoms with van der Waals surface area (Å²) >= 11 is 3.47. The normalized spacial score (nSPS) is 11.6. The van der Waals surface area contributed by atoms with Gasteiger partial charge in [-0.25, -0.2) is 0 Å². The van der Waals surface area contributed by atoms with E-state index in [-0.39, 0.29) is 62.4 Å². The molecule has 0 aliphatic heterocycles. The van der Waals surface area contributed by atoms with Gasteiger partial charge in [-0.1, -0.05) is 84.6 Å². The molecule has 0 N–H and O–H groups in total. The molecule has 0 amide bonds. The number of hydrogen-bond acceptors (Lipinski definition) is 10. The van der Waals surface area contributed by atoms with E-state index in [1.54, 1.807) is 36.5 Å². The van der Waals surface area contributed by atoms with E-state index < -0.39 is 11.9 Å². The maximum atomic E-state index is 11.0. The first-order chi connectivity index (χ1) is 31.9. The first-order valence-electron chi connectivity index (χ1n) is 22.2. The van der Waals surface area contributed by atoms with E-state index in [1.165, 1.54) is 22.3 Å². The first kappa shape index (κ1) is 54.7. The second kappa shape index (κ2) is 29.1. The maximum absolute atomic E-state index is 11.0. The monoisotopic (exact) mass is 960 g/mol. The molecule has 0 aliphatic carbocycles. The van der Waals surface area contributed by atoms with Crippen LogP contribution in [0.1, 0.15) is 111 Å². The van der Waals surface area contributed by atoms with Crippen molar-refractivity contribution < 1.29 is 29.3 Å². The molecule has 0 radical (unpaired) electrons. The van der Waals surface area contributed by atoms with Crippen LogP contribution >= 0.6 is 22.7 Å². The Kier molecular flexibility index (Phi) is 23.8. The van der Waals surface area contributed by atoms with Gasteiger partial charge in [0.2, 0.25) is 0 Å². The number of carboxylic acid groups (broad SMARTS) is 2. The van der Waals surface area contributed by atoms with E-state index in [0.29, 0.717) is 25.3 Å². The van der Waals surface area contributed by atoms with Gasteiger partial charge in [-0.05, 0) is 144 Å². The van der Waals surface area contributed by atoms with Crippen molar-refractivity contribution in [3.8, 4) is 35.2 Å². The van der Waals surface area contributed by atoms with Crippen LogP contribution in [0.5, 0.6) is 11.5 Å². The maximum Gasteiger partial charge on any atom is 2.00 e. The largest absolute Gasteiger partial charge is 2.00 e. The number of hydrogen-bond donors (Lipinski definition) is 0. The molecule has 0 saturated heterocycles. The van der Waals surface area contributed by atoms with Crippen LogP contribution < -0.4 is 19.7 Å². The van der Waals surface area contributed by atoms with Crippen LogP contribution in [0.4, 0.5) is 0 Å². The molecule has 2 heterocycles. The summed E-state index contributed by atoms with van der Waals surface area (Å²) in [5.41, 5.74) is 9.15. The summed E-state index contributed by atoms with van der Waals surface area (Å²) in [5.74, 6) is 9.99. The Balaban J connectivity index is 0.000000288. The molecule has 0 fully saturated rings. The smallest absolute Gasteiger partial charge is 0.550 e. The molecule has 4 aromatic carbocycles. The second-order valence-corrected chi connectivity index (χ2v) is 18.2. The van der Waals surface area contributed by atoms with E-state index in [0.717, 1.165) is 59.9 Å². The molecule has 11 heteroatoms. The molecular weight excluding hydrogens is 901 g/mol. The number of carbonyl (C=O) groups is 2. The van der Waals surface area contributed by atoms with Crippen LogP contribution in [-0.4, -0.2) is 71.6 Å². The summed E-state index contributed by atoms with van der Waals surface area (Å²) in [7, 11) is 0. The second-order valence-electron chi connectivity index (χ2n) is 16.7. The summed E-state index contributed by atoms with van der Waals surface area (Å²) in [4.78, 5) is 26.9. The molecule has 0 spiro atoms. The molecule has 344 valence electrons. The zero-order valence-electron chi connectivity index (χ0n) is 39.5. The predicted molar refractivity (Wildman–Crippen MR) is 269 cm³/mol. The third kappa shape index (κ3) is 19.3. The average Bonchev–Trinajstić information content (AvgIpc) is 4.03. The number of benzene rings is 4. The van der Waals surface area contributed by atoms with Gasteiger partial charge in [0.25, 0.3) is 0 Å². The number of nitrogens with zero attached hydrogens (tertiary/aromatic N) is 2. The van der Waals surface area contributed by atoms with Gasteiger partial charge in [0.05, 0.1) is 11.8 Å². The minimum atomic E-state index is -1.10. The minimum Gasteiger partial charge on any atom is -0.550 e. The number of aliphatic carboxylic acids is 2. The Hall–Kier alpha value is -4.88. The van der Waals surface area contributed by atoms with Gasteiger partial charge in [0.15, 0.2) is 0 Å². The van der Waals surface area contributed by atoms with Crippen LogP contribution in [0.15, 0.2) is 131 Å². The Labute approximate surface area is 436 Å². The third-order valence-corrected chi connectivity index (χ3v) is 12.4. The molecule has 67 heavy (non-hydrogen) atoms. The van der Waals surface area contributed by atoms with E-state index in [4.69, 9.17) is 9.47 Å². The van der Waals surface area contributed by atoms with Crippen molar-refractivity contribution in [1.29, 1.82) is 0 Å². The number of carboxylic acids is 2. The summed E-state index contributed by atoms with van der Waals surface area (Å²) in [6, 6.07) is 37.2. The summed E-state index contributed by atoms with van der Waals surface area (Å²) in [5, 5.41) is 30.6. The fourth-order valence-corrected chi connectivity index (χ4v) is 8.61. The third-order valence-electron chi connectivity index (χ3n) is 10.9. The molecule has 8 nitrogen and oxygen atoms in total. The standard InChI is InChI=1S/2C28H31NO3S.Ca/c2*1-4-6-26(16-28(30)31)25-9-11-27(12-10-25)32-19-23-8-5-7-22(15-23)17-29(21(2)3)18-24-13-14-33-20-24;/h2*5,7-15,20-21,26H,16-19H2,1-3H3,(H,30,31);/q;;+2/p-2/t2*26-;/m00./s1. The van der Waals surface area contributed by atoms with Gasteiger partial charge in [-0.3, -0.25) is 9.80 Å². The van der Waals surface area contributed by atoms with Gasteiger partial charge in [-0.15, -0.1) is 11.8 Å². The van der Waals surface area contributed by atoms with Crippen molar-refractivity contribution in [2.75, 3.05) is 0 Å². The summed E-state index contributed by atoms with van der Waals surface area (Å²) in [6.07, 6.45) is -0.235. The van der Waals surface area contributed by atoms with Crippen LogP contribution in [0.2, 0.25) is 0 Å². The Bertz CT molecular complexity index is 2340. The Morgan fingerprint density at radius 3 is 1.21 bits per heavy atom. The van der Waals surface area contributed by atoms with Gasteiger partial charge in [0, 0.05) is 63.0 Å². The Morgan fingerprint density at radius 1 is 0.537 bits per heavy atom. The summed E-state index contributed by atoms with van der Waals surface area (Å²) in [6.45, 7) is 16.9. The van der Waals surface area contributed by atoms with Gasteiger partial charge in [0.1, 0.15) is 24.7 Å². The van der Waals surface area contributed by atoms with Crippen LogP contribution in [-0.2, 0) is 49.0 Å². The molecule has 2 atom stereocenters. The van der Waals surface area contributed by atoms with E-state index >= 15 is 0 Å². The van der Waals surface area contributed by atoms with E-state index in [2.05, 4.69) is 143 Å². The van der Waals surface area contributed by atoms with Crippen molar-refractivity contribution in [3.05, 3.63) is 175 Å². The fourth-order valence-electron chi connectivity index (χ4n) is 7.29. The first-order valence-corrected chi connectivity index (χ1v) is 24.1. The van der Waals surface area contributed by atoms with E-state index in [9.17, 15) is 19.8 Å². The molecule has 0 bridgehead atoms. The van der Waals surface area contributed by atoms with E-state index in [1.807, 2.05) is 48.5 Å². The molecular formula is C56H60CaN2O6S2. The van der Waals surface area contributed by atoms with Crippen molar-refractivity contribution in [1.82, 2.24) is 9.80 Å². The SMILES string of the molecule is CC#C[C@@H](CC(=O)[O-])c1ccc(OCc2cccc(CN(Cc3ccsc3)C(C)C)c2)cc1.CC#C[C@@H](CC(=O)[O-])c1ccc(OCc2cccc(CN(Cc3ccsc3)C(C)C)c2)cc1.[Ca+2]. The molecule has 0 unspecified atom stereocenters. The molecule has 6 aromatic rings. The summed E-state index contributed by atoms with van der Waals surface area (Å²) < 4.78 is 12.0. The molecule has 0 saturated carbocycles. The topological polar surface area (TPSA) is 105 Å². The fraction of sp³-hybridized carbons (Fsp3) is 0.321. The zero-order valence-corrected chi connectivity index (χ0v) is 43.4. The zero-order chi connectivity index (χ0) is 47.3.